The van der Waals surface area contributed by atoms with Crippen LogP contribution in [0.15, 0.2) is 72.8 Å². The summed E-state index contributed by atoms with van der Waals surface area (Å²) in [5, 5.41) is 23.6. The number of nitrogens with zero attached hydrogens (tertiary/aromatic N) is 4. The van der Waals surface area contributed by atoms with Crippen LogP contribution in [0.2, 0.25) is 0 Å². The number of primary amides is 1. The summed E-state index contributed by atoms with van der Waals surface area (Å²) in [6.45, 7) is 3.51. The van der Waals surface area contributed by atoms with Crippen molar-refractivity contribution >= 4 is 5.91 Å². The Hall–Kier alpha value is -3.85. The molecule has 184 valence electrons. The van der Waals surface area contributed by atoms with Crippen molar-refractivity contribution < 1.29 is 15.0 Å². The van der Waals surface area contributed by atoms with E-state index in [2.05, 4.69) is 63.5 Å². The summed E-state index contributed by atoms with van der Waals surface area (Å²) in [5.74, 6) is -0.0252. The molecule has 4 aromatic rings. The van der Waals surface area contributed by atoms with E-state index in [0.29, 0.717) is 18.9 Å². The van der Waals surface area contributed by atoms with Crippen LogP contribution in [0, 0.1) is 6.92 Å². The molecule has 0 bridgehead atoms. The summed E-state index contributed by atoms with van der Waals surface area (Å²) >= 11 is 0. The molecule has 36 heavy (non-hydrogen) atoms. The molecular formula is C28H29N5O3. The zero-order chi connectivity index (χ0) is 25.2. The van der Waals surface area contributed by atoms with Gasteiger partial charge in [-0.05, 0) is 53.3 Å². The number of hydrogen-bond donors (Lipinski definition) is 3. The quantitative estimate of drug-likeness (QED) is 0.372. The lowest BCUT2D eigenvalue weighted by atomic mass is 9.99. The number of hydrogen-bond acceptors (Lipinski definition) is 6. The molecule has 1 aliphatic heterocycles. The van der Waals surface area contributed by atoms with Gasteiger partial charge in [-0.1, -0.05) is 60.7 Å². The average molecular weight is 484 g/mol. The van der Waals surface area contributed by atoms with Gasteiger partial charge in [0.2, 0.25) is 5.82 Å². The first kappa shape index (κ1) is 23.9. The number of likely N-dealkylation sites (tertiary alicyclic amines) is 1. The lowest BCUT2D eigenvalue weighted by Crippen LogP contribution is -2.22. The summed E-state index contributed by atoms with van der Waals surface area (Å²) in [6, 6.07) is 25.0. The minimum absolute atomic E-state index is 0.0116. The predicted octanol–water partition coefficient (Wildman–Crippen LogP) is 2.47. The van der Waals surface area contributed by atoms with Crippen LogP contribution < -0.4 is 5.73 Å². The van der Waals surface area contributed by atoms with E-state index >= 15 is 0 Å². The van der Waals surface area contributed by atoms with E-state index < -0.39 is 18.1 Å². The maximum absolute atomic E-state index is 11.3. The van der Waals surface area contributed by atoms with Crippen molar-refractivity contribution in [1.82, 2.24) is 19.7 Å². The first-order valence-corrected chi connectivity index (χ1v) is 12.0. The van der Waals surface area contributed by atoms with Crippen molar-refractivity contribution in [3.63, 3.8) is 0 Å². The summed E-state index contributed by atoms with van der Waals surface area (Å²) in [6.07, 6.45) is -0.513. The van der Waals surface area contributed by atoms with Gasteiger partial charge in [0.05, 0.1) is 17.9 Å². The molecule has 1 amide bonds. The number of aromatic nitrogens is 3. The summed E-state index contributed by atoms with van der Waals surface area (Å²) < 4.78 is 1.61. The molecule has 1 fully saturated rings. The zero-order valence-electron chi connectivity index (χ0n) is 20.1. The third-order valence-corrected chi connectivity index (χ3v) is 6.56. The summed E-state index contributed by atoms with van der Waals surface area (Å²) in [5.41, 5.74) is 11.9. The molecule has 8 heteroatoms. The normalized spacial score (nSPS) is 18.0. The van der Waals surface area contributed by atoms with Gasteiger partial charge in [0.15, 0.2) is 0 Å². The van der Waals surface area contributed by atoms with Gasteiger partial charge in [-0.25, -0.2) is 9.67 Å². The van der Waals surface area contributed by atoms with Gasteiger partial charge in [-0.3, -0.25) is 9.69 Å². The average Bonchev–Trinajstić information content (AvgIpc) is 3.42. The molecular weight excluding hydrogens is 454 g/mol. The van der Waals surface area contributed by atoms with Crippen molar-refractivity contribution in [2.24, 2.45) is 5.73 Å². The molecule has 2 heterocycles. The molecule has 0 radical (unpaired) electrons. The van der Waals surface area contributed by atoms with Crippen molar-refractivity contribution in [3.8, 4) is 16.8 Å². The number of aryl methyl sites for hydroxylation is 1. The molecule has 1 aromatic heterocycles. The van der Waals surface area contributed by atoms with Gasteiger partial charge in [0.1, 0.15) is 5.82 Å². The van der Waals surface area contributed by atoms with Gasteiger partial charge >= 0.3 is 0 Å². The van der Waals surface area contributed by atoms with Crippen LogP contribution >= 0.6 is 0 Å². The Morgan fingerprint density at radius 2 is 1.36 bits per heavy atom. The number of benzene rings is 3. The third kappa shape index (κ3) is 5.21. The maximum Gasteiger partial charge on any atom is 0.288 e. The second kappa shape index (κ2) is 10.0. The van der Waals surface area contributed by atoms with Crippen LogP contribution in [0.1, 0.15) is 33.1 Å². The number of amides is 1. The fourth-order valence-corrected chi connectivity index (χ4v) is 4.58. The Balaban J connectivity index is 1.21. The standard InChI is InChI=1S/C28H29N5O3/c1-18-30-28(27(29)36)31-33(18)24-12-6-20(7-13-24)14-19-2-8-22(9-3-19)23-10-4-21(5-11-23)15-32-16-25(34)26(35)17-32/h2-13,25-26,34-35H,14-17H2,1H3,(H2,29,36)/t25-,26-/m0/s1. The molecule has 1 saturated heterocycles. The molecule has 2 atom stereocenters. The van der Waals surface area contributed by atoms with Crippen LogP contribution in [-0.2, 0) is 13.0 Å². The number of carbonyl (C=O) groups excluding carboxylic acids is 1. The van der Waals surface area contributed by atoms with Gasteiger partial charge in [-0.15, -0.1) is 5.10 Å². The monoisotopic (exact) mass is 483 g/mol. The largest absolute Gasteiger partial charge is 0.389 e. The van der Waals surface area contributed by atoms with Crippen LogP contribution in [0.5, 0.6) is 0 Å². The number of nitrogens with two attached hydrogens (primary N) is 1. The molecule has 0 saturated carbocycles. The minimum Gasteiger partial charge on any atom is -0.389 e. The topological polar surface area (TPSA) is 118 Å². The Kier molecular flexibility index (Phi) is 6.65. The van der Waals surface area contributed by atoms with Crippen LogP contribution in [0.25, 0.3) is 16.8 Å². The number of β-amino-alcohol motifs (C(OH)–C–C–N with tert-alkyl or cyclic N) is 2. The molecule has 5 rings (SSSR count). The molecule has 4 N–H and O–H groups in total. The highest BCUT2D eigenvalue weighted by Crippen LogP contribution is 2.23. The van der Waals surface area contributed by atoms with Gasteiger partial charge < -0.3 is 15.9 Å². The Morgan fingerprint density at radius 3 is 1.86 bits per heavy atom. The molecule has 8 nitrogen and oxygen atoms in total. The van der Waals surface area contributed by atoms with Gasteiger partial charge in [0.25, 0.3) is 5.91 Å². The molecule has 0 unspecified atom stereocenters. The van der Waals surface area contributed by atoms with E-state index in [1.54, 1.807) is 11.6 Å². The Bertz CT molecular complexity index is 1340. The summed E-state index contributed by atoms with van der Waals surface area (Å²) in [7, 11) is 0. The second-order valence-electron chi connectivity index (χ2n) is 9.32. The van der Waals surface area contributed by atoms with E-state index in [-0.39, 0.29) is 5.82 Å². The summed E-state index contributed by atoms with van der Waals surface area (Å²) in [4.78, 5) is 17.5. The molecule has 0 aliphatic carbocycles. The van der Waals surface area contributed by atoms with Gasteiger partial charge in [0, 0.05) is 19.6 Å². The SMILES string of the molecule is Cc1nc(C(N)=O)nn1-c1ccc(Cc2ccc(-c3ccc(CN4C[C@H](O)[C@@H](O)C4)cc3)cc2)cc1. The highest BCUT2D eigenvalue weighted by Gasteiger charge is 2.29. The number of aliphatic hydroxyl groups is 2. The predicted molar refractivity (Wildman–Crippen MR) is 137 cm³/mol. The Labute approximate surface area is 209 Å². The van der Waals surface area contributed by atoms with Crippen molar-refractivity contribution in [3.05, 3.63) is 101 Å². The first-order valence-electron chi connectivity index (χ1n) is 12.0. The maximum atomic E-state index is 11.3. The molecule has 0 spiro atoms. The van der Waals surface area contributed by atoms with E-state index in [4.69, 9.17) is 5.73 Å². The lowest BCUT2D eigenvalue weighted by Gasteiger charge is -2.15. The number of aliphatic hydroxyl groups excluding tert-OH is 2. The van der Waals surface area contributed by atoms with E-state index in [1.807, 2.05) is 24.3 Å². The van der Waals surface area contributed by atoms with Crippen LogP contribution in [-0.4, -0.2) is 61.1 Å². The van der Waals surface area contributed by atoms with Crippen molar-refractivity contribution in [1.29, 1.82) is 0 Å². The lowest BCUT2D eigenvalue weighted by molar-refractivity contribution is 0.0572. The second-order valence-corrected chi connectivity index (χ2v) is 9.32. The molecule has 1 aliphatic rings. The highest BCUT2D eigenvalue weighted by molar-refractivity contribution is 5.88. The van der Waals surface area contributed by atoms with E-state index in [1.165, 1.54) is 11.1 Å². The molecule has 3 aromatic carbocycles. The highest BCUT2D eigenvalue weighted by atomic mass is 16.3. The van der Waals surface area contributed by atoms with Crippen molar-refractivity contribution in [2.45, 2.75) is 32.1 Å². The fraction of sp³-hybridized carbons (Fsp3) is 0.250. The number of carbonyl (C=O) groups is 1. The Morgan fingerprint density at radius 1 is 0.861 bits per heavy atom. The number of rotatable bonds is 7. The van der Waals surface area contributed by atoms with Crippen LogP contribution in [0.3, 0.4) is 0 Å². The van der Waals surface area contributed by atoms with Gasteiger partial charge in [-0.2, -0.15) is 0 Å². The van der Waals surface area contributed by atoms with E-state index in [9.17, 15) is 15.0 Å². The van der Waals surface area contributed by atoms with E-state index in [0.717, 1.165) is 35.3 Å². The van der Waals surface area contributed by atoms with Crippen molar-refractivity contribution in [2.75, 3.05) is 13.1 Å². The first-order chi connectivity index (χ1) is 17.4. The third-order valence-electron chi connectivity index (χ3n) is 6.56. The smallest absolute Gasteiger partial charge is 0.288 e. The van der Waals surface area contributed by atoms with Crippen LogP contribution in [0.4, 0.5) is 0 Å². The zero-order valence-corrected chi connectivity index (χ0v) is 20.1. The fourth-order valence-electron chi connectivity index (χ4n) is 4.58. The minimum atomic E-state index is -0.657.